The van der Waals surface area contributed by atoms with E-state index in [4.69, 9.17) is 12.2 Å². The van der Waals surface area contributed by atoms with Crippen LogP contribution in [-0.2, 0) is 11.2 Å². The van der Waals surface area contributed by atoms with Crippen molar-refractivity contribution >= 4 is 55.6 Å². The number of rotatable bonds is 5. The van der Waals surface area contributed by atoms with E-state index in [1.807, 2.05) is 48.5 Å². The Morgan fingerprint density at radius 1 is 1.15 bits per heavy atom. The molecule has 1 amide bonds. The average molecular weight is 400 g/mol. The molecule has 3 rings (SSSR count). The zero-order valence-electron chi connectivity index (χ0n) is 15.1. The molecule has 0 unspecified atom stereocenters. The van der Waals surface area contributed by atoms with E-state index in [1.54, 1.807) is 6.92 Å². The van der Waals surface area contributed by atoms with Crippen molar-refractivity contribution in [3.63, 3.8) is 0 Å². The molecule has 0 radical (unpaired) electrons. The Morgan fingerprint density at radius 2 is 1.89 bits per heavy atom. The second-order valence-electron chi connectivity index (χ2n) is 5.93. The highest BCUT2D eigenvalue weighted by atomic mass is 32.1. The van der Waals surface area contributed by atoms with Crippen LogP contribution >= 0.6 is 23.6 Å². The Balaban J connectivity index is 1.51. The normalized spacial score (nSPS) is 11.6. The first-order chi connectivity index (χ1) is 13.1. The minimum atomic E-state index is -0.469. The zero-order valence-corrected chi connectivity index (χ0v) is 16.7. The number of aromatic nitrogens is 1. The lowest BCUT2D eigenvalue weighted by Crippen LogP contribution is -2.49. The molecule has 1 aromatic heterocycles. The van der Waals surface area contributed by atoms with Crippen LogP contribution in [0.1, 0.15) is 19.4 Å². The lowest BCUT2D eigenvalue weighted by Gasteiger charge is -2.16. The fourth-order valence-corrected chi connectivity index (χ4v) is 3.63. The third-order valence-electron chi connectivity index (χ3n) is 3.97. The summed E-state index contributed by atoms with van der Waals surface area (Å²) in [6.45, 7) is 3.85. The minimum absolute atomic E-state index is 0.234. The van der Waals surface area contributed by atoms with Crippen LogP contribution < -0.4 is 21.5 Å². The Kier molecular flexibility index (Phi) is 6.20. The van der Waals surface area contributed by atoms with Crippen molar-refractivity contribution in [2.75, 3.05) is 10.6 Å². The highest BCUT2D eigenvalue weighted by Gasteiger charge is 2.15. The van der Waals surface area contributed by atoms with E-state index in [0.29, 0.717) is 10.2 Å². The lowest BCUT2D eigenvalue weighted by atomic mass is 10.1. The molecule has 0 saturated heterocycles. The van der Waals surface area contributed by atoms with Crippen molar-refractivity contribution in [1.82, 2.24) is 15.8 Å². The molecule has 1 heterocycles. The smallest absolute Gasteiger partial charge is 0.260 e. The van der Waals surface area contributed by atoms with Crippen molar-refractivity contribution in [2.24, 2.45) is 0 Å². The Labute approximate surface area is 167 Å². The number of carbonyl (C=O) groups is 1. The fraction of sp³-hybridized carbons (Fsp3) is 0.211. The molecule has 0 bridgehead atoms. The van der Waals surface area contributed by atoms with E-state index in [-0.39, 0.29) is 5.91 Å². The molecule has 0 fully saturated rings. The second-order valence-corrected chi connectivity index (χ2v) is 7.37. The number of hydrazine groups is 1. The quantitative estimate of drug-likeness (QED) is 0.387. The van der Waals surface area contributed by atoms with Gasteiger partial charge >= 0.3 is 0 Å². The van der Waals surface area contributed by atoms with Crippen LogP contribution in [0.2, 0.25) is 0 Å². The number of hydrogen-bond acceptors (Lipinski definition) is 5. The van der Waals surface area contributed by atoms with Crippen molar-refractivity contribution in [1.29, 1.82) is 0 Å². The number of fused-ring (bicyclic) bond motifs is 1. The number of thiocarbonyl (C=S) groups is 1. The summed E-state index contributed by atoms with van der Waals surface area (Å²) in [7, 11) is 0. The molecular formula is C19H21N5OS2. The van der Waals surface area contributed by atoms with Crippen molar-refractivity contribution in [2.45, 2.75) is 26.3 Å². The van der Waals surface area contributed by atoms with Gasteiger partial charge in [-0.3, -0.25) is 15.6 Å². The van der Waals surface area contributed by atoms with Gasteiger partial charge in [0.05, 0.1) is 10.2 Å². The monoisotopic (exact) mass is 399 g/mol. The molecule has 2 aromatic carbocycles. The average Bonchev–Trinajstić information content (AvgIpc) is 3.08. The van der Waals surface area contributed by atoms with Gasteiger partial charge in [-0.25, -0.2) is 4.98 Å². The standard InChI is InChI=1S/C19H21N5OS2/c1-3-13-8-4-5-9-14(13)21-18(26)24-23-17(25)12(2)20-19-22-15-10-6-7-11-16(15)27-19/h4-12H,3H2,1-2H3,(H,20,22)(H,23,25)(H2,21,24,26)/t12-/m0/s1. The third kappa shape index (κ3) is 4.93. The van der Waals surface area contributed by atoms with Crippen LogP contribution in [0.25, 0.3) is 10.2 Å². The molecule has 6 nitrogen and oxygen atoms in total. The van der Waals surface area contributed by atoms with Gasteiger partial charge in [-0.05, 0) is 49.3 Å². The number of anilines is 2. The molecular weight excluding hydrogens is 378 g/mol. The van der Waals surface area contributed by atoms with Crippen LogP contribution in [0, 0.1) is 0 Å². The van der Waals surface area contributed by atoms with E-state index < -0.39 is 6.04 Å². The lowest BCUT2D eigenvalue weighted by molar-refractivity contribution is -0.122. The molecule has 140 valence electrons. The first-order valence-corrected chi connectivity index (χ1v) is 9.86. The Hall–Kier alpha value is -2.71. The summed E-state index contributed by atoms with van der Waals surface area (Å²) >= 11 is 6.77. The van der Waals surface area contributed by atoms with Gasteiger partial charge in [0, 0.05) is 5.69 Å². The molecule has 27 heavy (non-hydrogen) atoms. The first-order valence-electron chi connectivity index (χ1n) is 8.63. The van der Waals surface area contributed by atoms with E-state index >= 15 is 0 Å². The molecule has 0 saturated carbocycles. The predicted molar refractivity (Wildman–Crippen MR) is 116 cm³/mol. The molecule has 1 atom stereocenters. The SMILES string of the molecule is CCc1ccccc1NC(=S)NNC(=O)[C@H](C)Nc1nc2ccccc2s1. The molecule has 0 aliphatic rings. The molecule has 8 heteroatoms. The van der Waals surface area contributed by atoms with Crippen LogP contribution in [0.3, 0.4) is 0 Å². The van der Waals surface area contributed by atoms with Crippen LogP contribution in [0.4, 0.5) is 10.8 Å². The number of aryl methyl sites for hydroxylation is 1. The van der Waals surface area contributed by atoms with Gasteiger partial charge in [0.1, 0.15) is 6.04 Å². The highest BCUT2D eigenvalue weighted by Crippen LogP contribution is 2.25. The van der Waals surface area contributed by atoms with Crippen LogP contribution in [0.5, 0.6) is 0 Å². The van der Waals surface area contributed by atoms with Gasteiger partial charge in [0.2, 0.25) is 0 Å². The summed E-state index contributed by atoms with van der Waals surface area (Å²) in [5.74, 6) is -0.234. The van der Waals surface area contributed by atoms with Gasteiger partial charge in [-0.1, -0.05) is 48.6 Å². The number of para-hydroxylation sites is 2. The minimum Gasteiger partial charge on any atom is -0.350 e. The summed E-state index contributed by atoms with van der Waals surface area (Å²) in [6, 6.07) is 15.3. The van der Waals surface area contributed by atoms with Crippen molar-refractivity contribution in [3.05, 3.63) is 54.1 Å². The second kappa shape index (κ2) is 8.79. The number of thiazole rings is 1. The summed E-state index contributed by atoms with van der Waals surface area (Å²) in [4.78, 5) is 16.8. The summed E-state index contributed by atoms with van der Waals surface area (Å²) in [5.41, 5.74) is 8.34. The Morgan fingerprint density at radius 3 is 2.67 bits per heavy atom. The number of nitrogens with zero attached hydrogens (tertiary/aromatic N) is 1. The van der Waals surface area contributed by atoms with E-state index in [2.05, 4.69) is 33.4 Å². The van der Waals surface area contributed by atoms with Gasteiger partial charge in [-0.15, -0.1) is 0 Å². The molecule has 0 aliphatic carbocycles. The highest BCUT2D eigenvalue weighted by molar-refractivity contribution is 7.80. The first kappa shape index (κ1) is 19.1. The topological polar surface area (TPSA) is 78.1 Å². The van der Waals surface area contributed by atoms with Crippen molar-refractivity contribution in [3.8, 4) is 0 Å². The molecule has 0 aliphatic heterocycles. The number of hydrogen-bond donors (Lipinski definition) is 4. The van der Waals surface area contributed by atoms with Crippen LogP contribution in [0.15, 0.2) is 48.5 Å². The fourth-order valence-electron chi connectivity index (χ4n) is 2.52. The summed E-state index contributed by atoms with van der Waals surface area (Å²) < 4.78 is 1.07. The predicted octanol–water partition coefficient (Wildman–Crippen LogP) is 3.68. The van der Waals surface area contributed by atoms with Gasteiger partial charge in [0.25, 0.3) is 5.91 Å². The number of nitrogens with one attached hydrogen (secondary N) is 4. The van der Waals surface area contributed by atoms with Crippen LogP contribution in [-0.4, -0.2) is 22.0 Å². The molecule has 3 aromatic rings. The maximum absolute atomic E-state index is 12.3. The van der Waals surface area contributed by atoms with Crippen molar-refractivity contribution < 1.29 is 4.79 Å². The number of amides is 1. The van der Waals surface area contributed by atoms with Gasteiger partial charge < -0.3 is 10.6 Å². The van der Waals surface area contributed by atoms with E-state index in [0.717, 1.165) is 27.9 Å². The third-order valence-corrected chi connectivity index (χ3v) is 5.14. The summed E-state index contributed by atoms with van der Waals surface area (Å²) in [5, 5.41) is 7.25. The molecule has 0 spiro atoms. The Bertz CT molecular complexity index is 923. The van der Waals surface area contributed by atoms with Gasteiger partial charge in [0.15, 0.2) is 10.2 Å². The zero-order chi connectivity index (χ0) is 19.2. The van der Waals surface area contributed by atoms with E-state index in [9.17, 15) is 4.79 Å². The largest absolute Gasteiger partial charge is 0.350 e. The van der Waals surface area contributed by atoms with Gasteiger partial charge in [-0.2, -0.15) is 0 Å². The maximum atomic E-state index is 12.3. The molecule has 4 N–H and O–H groups in total. The number of benzene rings is 2. The number of carbonyl (C=O) groups excluding carboxylic acids is 1. The maximum Gasteiger partial charge on any atom is 0.260 e. The summed E-state index contributed by atoms with van der Waals surface area (Å²) in [6.07, 6.45) is 0.890. The van der Waals surface area contributed by atoms with E-state index in [1.165, 1.54) is 11.3 Å².